The highest BCUT2D eigenvalue weighted by Crippen LogP contribution is 2.32. The fourth-order valence-electron chi connectivity index (χ4n) is 3.18. The van der Waals surface area contributed by atoms with Crippen molar-refractivity contribution < 1.29 is 0 Å². The molecule has 0 heterocycles. The van der Waals surface area contributed by atoms with Gasteiger partial charge in [0.2, 0.25) is 0 Å². The average molecular weight is 323 g/mol. The lowest BCUT2D eigenvalue weighted by atomic mass is 9.83. The van der Waals surface area contributed by atoms with Crippen molar-refractivity contribution in [3.05, 3.63) is 0 Å². The smallest absolute Gasteiger partial charge is 0.143 e. The van der Waals surface area contributed by atoms with Crippen LogP contribution in [0.5, 0.6) is 0 Å². The van der Waals surface area contributed by atoms with E-state index >= 15 is 0 Å². The molecule has 0 aromatic carbocycles. The summed E-state index contributed by atoms with van der Waals surface area (Å²) < 4.78 is 0. The summed E-state index contributed by atoms with van der Waals surface area (Å²) in [4.78, 5) is 9.89. The maximum Gasteiger partial charge on any atom is 0.143 e. The summed E-state index contributed by atoms with van der Waals surface area (Å²) in [6, 6.07) is 0. The Balaban J connectivity index is 5.34. The van der Waals surface area contributed by atoms with Crippen LogP contribution in [0.2, 0.25) is 0 Å². The van der Waals surface area contributed by atoms with Gasteiger partial charge >= 0.3 is 0 Å². The number of hydrogen-bond acceptors (Lipinski definition) is 2. The highest BCUT2D eigenvalue weighted by atomic mass is 15.0. The van der Waals surface area contributed by atoms with E-state index in [2.05, 4.69) is 74.7 Å². The molecule has 0 bridgehead atoms. The molecular formula is C21H42N2. The molecule has 0 atom stereocenters. The van der Waals surface area contributed by atoms with Gasteiger partial charge in [0.05, 0.1) is 0 Å². The lowest BCUT2D eigenvalue weighted by Gasteiger charge is -2.31. The third kappa shape index (κ3) is 9.27. The molecule has 136 valence electrons. The van der Waals surface area contributed by atoms with Crippen LogP contribution in [0.4, 0.5) is 0 Å². The van der Waals surface area contributed by atoms with Crippen molar-refractivity contribution in [2.24, 2.45) is 26.2 Å². The number of aliphatic imine (C=N–C) groups is 2. The zero-order chi connectivity index (χ0) is 18.1. The van der Waals surface area contributed by atoms with Crippen molar-refractivity contribution in [3.63, 3.8) is 0 Å². The molecule has 0 aliphatic rings. The molecule has 0 aliphatic heterocycles. The Labute approximate surface area is 146 Å². The zero-order valence-electron chi connectivity index (χ0n) is 17.4. The standard InChI is InChI=1S/C21H42N2/c1-10-13-19(4,5)16-22-18(21(8,9)15-12-3)23-17-20(6,7)14-11-2/h16-18H,10-15H2,1-9H3/b22-16+,23-17+. The Morgan fingerprint density at radius 1 is 0.652 bits per heavy atom. The minimum Gasteiger partial charge on any atom is -0.270 e. The molecule has 0 N–H and O–H groups in total. The van der Waals surface area contributed by atoms with Gasteiger partial charge in [-0.25, -0.2) is 0 Å². The van der Waals surface area contributed by atoms with Crippen molar-refractivity contribution in [1.29, 1.82) is 0 Å². The Bertz CT molecular complexity index is 347. The maximum absolute atomic E-state index is 4.94. The van der Waals surface area contributed by atoms with Crippen LogP contribution in [0.15, 0.2) is 9.98 Å². The first kappa shape index (κ1) is 22.3. The fourth-order valence-corrected chi connectivity index (χ4v) is 3.18. The molecular weight excluding hydrogens is 280 g/mol. The number of rotatable bonds is 11. The van der Waals surface area contributed by atoms with Crippen molar-refractivity contribution >= 4 is 12.4 Å². The summed E-state index contributed by atoms with van der Waals surface area (Å²) in [7, 11) is 0. The van der Waals surface area contributed by atoms with Gasteiger partial charge in [0.15, 0.2) is 0 Å². The first-order chi connectivity index (χ1) is 10.5. The van der Waals surface area contributed by atoms with E-state index in [4.69, 9.17) is 9.98 Å². The van der Waals surface area contributed by atoms with Gasteiger partial charge in [-0.2, -0.15) is 0 Å². The van der Waals surface area contributed by atoms with Crippen LogP contribution >= 0.6 is 0 Å². The van der Waals surface area contributed by atoms with E-state index in [1.165, 1.54) is 32.1 Å². The van der Waals surface area contributed by atoms with E-state index in [-0.39, 0.29) is 22.4 Å². The van der Waals surface area contributed by atoms with Gasteiger partial charge in [0, 0.05) is 17.8 Å². The highest BCUT2D eigenvalue weighted by molar-refractivity contribution is 5.67. The van der Waals surface area contributed by atoms with Crippen LogP contribution in [0.25, 0.3) is 0 Å². The Kier molecular flexibility index (Phi) is 9.32. The number of nitrogens with zero attached hydrogens (tertiary/aromatic N) is 2. The zero-order valence-corrected chi connectivity index (χ0v) is 17.4. The van der Waals surface area contributed by atoms with Gasteiger partial charge in [-0.3, -0.25) is 9.98 Å². The third-order valence-electron chi connectivity index (χ3n) is 4.51. The predicted molar refractivity (Wildman–Crippen MR) is 107 cm³/mol. The molecule has 2 heteroatoms. The molecule has 0 spiro atoms. The summed E-state index contributed by atoms with van der Waals surface area (Å²) in [6.07, 6.45) is 11.4. The minimum absolute atomic E-state index is 0.0229. The van der Waals surface area contributed by atoms with Gasteiger partial charge < -0.3 is 0 Å². The predicted octanol–water partition coefficient (Wildman–Crippen LogP) is 6.93. The van der Waals surface area contributed by atoms with Crippen molar-refractivity contribution in [2.45, 2.75) is 107 Å². The molecule has 2 nitrogen and oxygen atoms in total. The van der Waals surface area contributed by atoms with Crippen molar-refractivity contribution in [3.8, 4) is 0 Å². The summed E-state index contributed by atoms with van der Waals surface area (Å²) >= 11 is 0. The second kappa shape index (κ2) is 9.59. The fraction of sp³-hybridized carbons (Fsp3) is 0.905. The lowest BCUT2D eigenvalue weighted by Crippen LogP contribution is -2.29. The number of hydrogen-bond donors (Lipinski definition) is 0. The molecule has 0 unspecified atom stereocenters. The van der Waals surface area contributed by atoms with Crippen LogP contribution in [0.3, 0.4) is 0 Å². The van der Waals surface area contributed by atoms with Crippen molar-refractivity contribution in [1.82, 2.24) is 0 Å². The van der Waals surface area contributed by atoms with E-state index in [1.54, 1.807) is 0 Å². The van der Waals surface area contributed by atoms with E-state index in [1.807, 2.05) is 0 Å². The molecule has 0 amide bonds. The quantitative estimate of drug-likeness (QED) is 0.368. The maximum atomic E-state index is 4.94. The summed E-state index contributed by atoms with van der Waals surface area (Å²) in [5.41, 5.74) is 0.417. The second-order valence-electron chi connectivity index (χ2n) is 9.15. The first-order valence-electron chi connectivity index (χ1n) is 9.58. The minimum atomic E-state index is 0.0229. The molecule has 0 saturated heterocycles. The first-order valence-corrected chi connectivity index (χ1v) is 9.58. The molecule has 0 aromatic heterocycles. The van der Waals surface area contributed by atoms with Crippen LogP contribution in [-0.4, -0.2) is 18.6 Å². The largest absolute Gasteiger partial charge is 0.270 e. The van der Waals surface area contributed by atoms with Crippen LogP contribution in [0.1, 0.15) is 101 Å². The monoisotopic (exact) mass is 322 g/mol. The normalized spacial score (nSPS) is 14.5. The lowest BCUT2D eigenvalue weighted by molar-refractivity contribution is 0.266. The summed E-state index contributed by atoms with van der Waals surface area (Å²) in [6.45, 7) is 20.4. The second-order valence-corrected chi connectivity index (χ2v) is 9.15. The summed E-state index contributed by atoms with van der Waals surface area (Å²) in [5.74, 6) is 0. The summed E-state index contributed by atoms with van der Waals surface area (Å²) in [5, 5.41) is 0. The Hall–Kier alpha value is -0.660. The topological polar surface area (TPSA) is 24.7 Å². The van der Waals surface area contributed by atoms with Gasteiger partial charge in [-0.1, -0.05) is 81.6 Å². The molecule has 23 heavy (non-hydrogen) atoms. The third-order valence-corrected chi connectivity index (χ3v) is 4.51. The molecule has 0 aromatic rings. The van der Waals surface area contributed by atoms with E-state index in [0.29, 0.717) is 0 Å². The van der Waals surface area contributed by atoms with E-state index < -0.39 is 0 Å². The Morgan fingerprint density at radius 3 is 1.30 bits per heavy atom. The van der Waals surface area contributed by atoms with Gasteiger partial charge in [0.25, 0.3) is 0 Å². The van der Waals surface area contributed by atoms with Crippen molar-refractivity contribution in [2.75, 3.05) is 0 Å². The Morgan fingerprint density at radius 2 is 1.00 bits per heavy atom. The molecule has 0 fully saturated rings. The van der Waals surface area contributed by atoms with Crippen LogP contribution < -0.4 is 0 Å². The van der Waals surface area contributed by atoms with Crippen LogP contribution in [-0.2, 0) is 0 Å². The molecule has 0 rings (SSSR count). The van der Waals surface area contributed by atoms with Gasteiger partial charge in [0.1, 0.15) is 6.17 Å². The van der Waals surface area contributed by atoms with Gasteiger partial charge in [-0.15, -0.1) is 0 Å². The van der Waals surface area contributed by atoms with E-state index in [0.717, 1.165) is 6.42 Å². The molecule has 0 saturated carbocycles. The molecule has 0 radical (unpaired) electrons. The average Bonchev–Trinajstić information content (AvgIpc) is 2.37. The SMILES string of the molecule is CCCC(C)(C)/C=N/C(/N=C/C(C)(C)CCC)C(C)(C)CCC. The van der Waals surface area contributed by atoms with Gasteiger partial charge in [-0.05, 0) is 30.1 Å². The molecule has 0 aliphatic carbocycles. The van der Waals surface area contributed by atoms with Crippen LogP contribution in [0, 0.1) is 16.2 Å². The van der Waals surface area contributed by atoms with E-state index in [9.17, 15) is 0 Å². The highest BCUT2D eigenvalue weighted by Gasteiger charge is 2.29.